The first-order valence-electron chi connectivity index (χ1n) is 5.32. The number of benzene rings is 2. The molecule has 0 spiro atoms. The van der Waals surface area contributed by atoms with E-state index in [4.69, 9.17) is 0 Å². The maximum absolute atomic E-state index is 9.85. The Labute approximate surface area is 98.8 Å². The highest BCUT2D eigenvalue weighted by Gasteiger charge is 2.17. The molecule has 2 aromatic carbocycles. The molecule has 0 bridgehead atoms. The normalized spacial score (nSPS) is 13.1. The van der Waals surface area contributed by atoms with Crippen LogP contribution in [0.5, 0.6) is 5.75 Å². The SMILES string of the molecule is Oc1ccccc1N1NN=Cc2ccccc21. The summed E-state index contributed by atoms with van der Waals surface area (Å²) >= 11 is 0. The van der Waals surface area contributed by atoms with Gasteiger partial charge in [0.25, 0.3) is 0 Å². The molecule has 4 nitrogen and oxygen atoms in total. The monoisotopic (exact) mass is 225 g/mol. The second-order valence-corrected chi connectivity index (χ2v) is 3.74. The number of hydrogen-bond acceptors (Lipinski definition) is 4. The van der Waals surface area contributed by atoms with Gasteiger partial charge in [0.05, 0.1) is 11.9 Å². The molecule has 17 heavy (non-hydrogen) atoms. The average molecular weight is 225 g/mol. The van der Waals surface area contributed by atoms with Crippen LogP contribution in [0, 0.1) is 0 Å². The number of aromatic hydroxyl groups is 1. The fraction of sp³-hybridized carbons (Fsp3) is 0. The molecule has 0 saturated heterocycles. The third-order valence-corrected chi connectivity index (χ3v) is 2.66. The molecule has 0 aromatic heterocycles. The predicted molar refractivity (Wildman–Crippen MR) is 67.4 cm³/mol. The van der Waals surface area contributed by atoms with Crippen molar-refractivity contribution < 1.29 is 5.11 Å². The minimum atomic E-state index is 0.215. The Morgan fingerprint density at radius 1 is 0.941 bits per heavy atom. The maximum atomic E-state index is 9.85. The van der Waals surface area contributed by atoms with Crippen molar-refractivity contribution in [3.63, 3.8) is 0 Å². The molecule has 4 heteroatoms. The molecule has 1 heterocycles. The van der Waals surface area contributed by atoms with Gasteiger partial charge in [-0.25, -0.2) is 10.5 Å². The highest BCUT2D eigenvalue weighted by Crippen LogP contribution is 2.33. The van der Waals surface area contributed by atoms with Gasteiger partial charge in [-0.2, -0.15) is 5.10 Å². The number of phenolic OH excluding ortho intramolecular Hbond substituents is 1. The first kappa shape index (κ1) is 9.72. The lowest BCUT2D eigenvalue weighted by atomic mass is 10.1. The number of nitrogens with one attached hydrogen (secondary N) is 1. The van der Waals surface area contributed by atoms with Crippen molar-refractivity contribution >= 4 is 17.6 Å². The van der Waals surface area contributed by atoms with Crippen molar-refractivity contribution in [1.82, 2.24) is 5.53 Å². The van der Waals surface area contributed by atoms with E-state index < -0.39 is 0 Å². The summed E-state index contributed by atoms with van der Waals surface area (Å²) < 4.78 is 0. The number of anilines is 2. The lowest BCUT2D eigenvalue weighted by Crippen LogP contribution is -2.33. The summed E-state index contributed by atoms with van der Waals surface area (Å²) in [7, 11) is 0. The van der Waals surface area contributed by atoms with Crippen LogP contribution < -0.4 is 10.5 Å². The van der Waals surface area contributed by atoms with E-state index in [1.54, 1.807) is 23.4 Å². The first-order chi connectivity index (χ1) is 8.36. The van der Waals surface area contributed by atoms with Crippen molar-refractivity contribution in [1.29, 1.82) is 0 Å². The molecule has 3 rings (SSSR count). The molecule has 1 aliphatic heterocycles. The van der Waals surface area contributed by atoms with Gasteiger partial charge in [-0.15, -0.1) is 0 Å². The number of hydrazone groups is 1. The summed E-state index contributed by atoms with van der Waals surface area (Å²) in [5, 5.41) is 15.7. The number of phenols is 1. The van der Waals surface area contributed by atoms with Gasteiger partial charge in [-0.05, 0) is 18.2 Å². The second-order valence-electron chi connectivity index (χ2n) is 3.74. The Hall–Kier alpha value is -2.49. The zero-order valence-corrected chi connectivity index (χ0v) is 9.04. The second kappa shape index (κ2) is 3.83. The van der Waals surface area contributed by atoms with Crippen LogP contribution in [0.4, 0.5) is 11.4 Å². The van der Waals surface area contributed by atoms with Crippen LogP contribution in [0.3, 0.4) is 0 Å². The minimum absolute atomic E-state index is 0.215. The van der Waals surface area contributed by atoms with Crippen LogP contribution in [-0.2, 0) is 0 Å². The number of nitrogens with zero attached hydrogens (tertiary/aromatic N) is 2. The maximum Gasteiger partial charge on any atom is 0.141 e. The van der Waals surface area contributed by atoms with Gasteiger partial charge in [0.15, 0.2) is 0 Å². The molecule has 2 N–H and O–H groups in total. The van der Waals surface area contributed by atoms with Gasteiger partial charge in [-0.3, -0.25) is 0 Å². The quantitative estimate of drug-likeness (QED) is 0.783. The molecule has 1 aliphatic rings. The van der Waals surface area contributed by atoms with Crippen LogP contribution in [0.25, 0.3) is 0 Å². The lowest BCUT2D eigenvalue weighted by Gasteiger charge is -2.28. The van der Waals surface area contributed by atoms with Crippen LogP contribution in [0.2, 0.25) is 0 Å². The molecule has 0 unspecified atom stereocenters. The zero-order chi connectivity index (χ0) is 11.7. The third kappa shape index (κ3) is 1.59. The Kier molecular flexibility index (Phi) is 2.19. The average Bonchev–Trinajstić information content (AvgIpc) is 2.39. The Morgan fingerprint density at radius 3 is 2.47 bits per heavy atom. The van der Waals surface area contributed by atoms with E-state index in [2.05, 4.69) is 10.6 Å². The fourth-order valence-corrected chi connectivity index (χ4v) is 1.85. The van der Waals surface area contributed by atoms with E-state index >= 15 is 0 Å². The number of rotatable bonds is 1. The standard InChI is InChI=1S/C13H11N3O/c17-13-8-4-3-7-12(13)16-11-6-2-1-5-10(11)9-14-15-16/h1-9,15,17H. The summed E-state index contributed by atoms with van der Waals surface area (Å²) in [5.41, 5.74) is 5.52. The summed E-state index contributed by atoms with van der Waals surface area (Å²) in [6.45, 7) is 0. The molecule has 0 fully saturated rings. The third-order valence-electron chi connectivity index (χ3n) is 2.66. The zero-order valence-electron chi connectivity index (χ0n) is 9.04. The Balaban J connectivity index is 2.12. The van der Waals surface area contributed by atoms with Crippen LogP contribution in [0.1, 0.15) is 5.56 Å². The number of fused-ring (bicyclic) bond motifs is 1. The number of hydrogen-bond donors (Lipinski definition) is 2. The summed E-state index contributed by atoms with van der Waals surface area (Å²) in [6.07, 6.45) is 1.76. The Morgan fingerprint density at radius 2 is 1.65 bits per heavy atom. The topological polar surface area (TPSA) is 47.9 Å². The van der Waals surface area contributed by atoms with Crippen molar-refractivity contribution in [2.24, 2.45) is 5.10 Å². The first-order valence-corrected chi connectivity index (χ1v) is 5.32. The molecule has 2 aromatic rings. The van der Waals surface area contributed by atoms with E-state index in [0.717, 1.165) is 11.3 Å². The van der Waals surface area contributed by atoms with Crippen molar-refractivity contribution in [2.45, 2.75) is 0 Å². The highest BCUT2D eigenvalue weighted by atomic mass is 16.3. The van der Waals surface area contributed by atoms with E-state index in [-0.39, 0.29) is 5.75 Å². The lowest BCUT2D eigenvalue weighted by molar-refractivity contribution is 0.473. The molecular formula is C13H11N3O. The highest BCUT2D eigenvalue weighted by molar-refractivity contribution is 5.91. The summed E-state index contributed by atoms with van der Waals surface area (Å²) in [5.74, 6) is 0.215. The summed E-state index contributed by atoms with van der Waals surface area (Å²) in [6, 6.07) is 15.0. The van der Waals surface area contributed by atoms with Crippen molar-refractivity contribution in [3.05, 3.63) is 54.1 Å². The number of hydrazine groups is 1. The van der Waals surface area contributed by atoms with Gasteiger partial charge in [0.2, 0.25) is 0 Å². The van der Waals surface area contributed by atoms with Gasteiger partial charge in [-0.1, -0.05) is 30.3 Å². The molecule has 0 atom stereocenters. The molecule has 0 aliphatic carbocycles. The van der Waals surface area contributed by atoms with Gasteiger partial charge in [0, 0.05) is 5.56 Å². The van der Waals surface area contributed by atoms with E-state index in [1.165, 1.54) is 0 Å². The molecular weight excluding hydrogens is 214 g/mol. The van der Waals surface area contributed by atoms with Crippen LogP contribution >= 0.6 is 0 Å². The van der Waals surface area contributed by atoms with E-state index in [0.29, 0.717) is 5.69 Å². The molecule has 84 valence electrons. The molecule has 0 radical (unpaired) electrons. The number of para-hydroxylation sites is 3. The van der Waals surface area contributed by atoms with E-state index in [9.17, 15) is 5.11 Å². The Bertz CT molecular complexity index is 580. The van der Waals surface area contributed by atoms with Crippen molar-refractivity contribution in [2.75, 3.05) is 5.01 Å². The minimum Gasteiger partial charge on any atom is -0.506 e. The van der Waals surface area contributed by atoms with E-state index in [1.807, 2.05) is 36.4 Å². The smallest absolute Gasteiger partial charge is 0.141 e. The largest absolute Gasteiger partial charge is 0.506 e. The van der Waals surface area contributed by atoms with Crippen LogP contribution in [0.15, 0.2) is 53.6 Å². The molecule has 0 amide bonds. The van der Waals surface area contributed by atoms with Crippen LogP contribution in [-0.4, -0.2) is 11.3 Å². The van der Waals surface area contributed by atoms with Gasteiger partial charge in [0.1, 0.15) is 11.4 Å². The predicted octanol–water partition coefficient (Wildman–Crippen LogP) is 2.38. The fourth-order valence-electron chi connectivity index (χ4n) is 1.85. The van der Waals surface area contributed by atoms with Gasteiger partial charge >= 0.3 is 0 Å². The van der Waals surface area contributed by atoms with Crippen molar-refractivity contribution in [3.8, 4) is 5.75 Å². The van der Waals surface area contributed by atoms with Gasteiger partial charge < -0.3 is 5.11 Å². The summed E-state index contributed by atoms with van der Waals surface area (Å²) in [4.78, 5) is 0. The molecule has 0 saturated carbocycles.